The molecule has 0 radical (unpaired) electrons. The Kier molecular flexibility index (Phi) is 4.65. The lowest BCUT2D eigenvalue weighted by Crippen LogP contribution is -2.53. The van der Waals surface area contributed by atoms with Gasteiger partial charge in [0, 0.05) is 31.7 Å². The van der Waals surface area contributed by atoms with Gasteiger partial charge in [-0.15, -0.1) is 0 Å². The average molecular weight is 385 g/mol. The highest BCUT2D eigenvalue weighted by Crippen LogP contribution is 2.41. The maximum atomic E-state index is 13.5. The Morgan fingerprint density at radius 1 is 1.25 bits per heavy atom. The maximum absolute atomic E-state index is 13.5. The topological polar surface area (TPSA) is 67.4 Å². The van der Waals surface area contributed by atoms with Crippen LogP contribution in [-0.2, 0) is 16.9 Å². The van der Waals surface area contributed by atoms with Gasteiger partial charge in [0.05, 0.1) is 12.1 Å². The summed E-state index contributed by atoms with van der Waals surface area (Å²) in [6.07, 6.45) is 1.14. The molecule has 6 nitrogen and oxygen atoms in total. The second-order valence-electron chi connectivity index (χ2n) is 8.41. The summed E-state index contributed by atoms with van der Waals surface area (Å²) in [5, 5.41) is 0. The number of carbonyl (C=O) groups is 1. The SMILES string of the molecule is CC1CCN(c2c(-c3ccc(F)cc3)nc3n2CCN(C(=O)CN)C3(C)C)C1. The molecule has 28 heavy (non-hydrogen) atoms. The number of nitrogens with two attached hydrogens (primary N) is 1. The number of aromatic nitrogens is 2. The van der Waals surface area contributed by atoms with Crippen molar-refractivity contribution in [2.24, 2.45) is 11.7 Å². The van der Waals surface area contributed by atoms with Crippen LogP contribution in [0.3, 0.4) is 0 Å². The summed E-state index contributed by atoms with van der Waals surface area (Å²) in [6.45, 7) is 9.52. The molecule has 0 bridgehead atoms. The Balaban J connectivity index is 1.87. The van der Waals surface area contributed by atoms with Crippen molar-refractivity contribution in [2.45, 2.75) is 39.3 Å². The number of carbonyl (C=O) groups excluding carboxylic acids is 1. The van der Waals surface area contributed by atoms with Crippen molar-refractivity contribution in [2.75, 3.05) is 31.1 Å². The number of hydrogen-bond acceptors (Lipinski definition) is 4. The van der Waals surface area contributed by atoms with Crippen LogP contribution in [0.2, 0.25) is 0 Å². The third-order valence-corrected chi connectivity index (χ3v) is 6.03. The van der Waals surface area contributed by atoms with E-state index in [0.29, 0.717) is 19.0 Å². The van der Waals surface area contributed by atoms with Crippen LogP contribution in [0.1, 0.15) is 33.0 Å². The van der Waals surface area contributed by atoms with Crippen LogP contribution >= 0.6 is 0 Å². The van der Waals surface area contributed by atoms with Gasteiger partial charge in [-0.05, 0) is 50.5 Å². The van der Waals surface area contributed by atoms with Crippen LogP contribution in [0.4, 0.5) is 10.2 Å². The van der Waals surface area contributed by atoms with E-state index in [1.54, 1.807) is 12.1 Å². The summed E-state index contributed by atoms with van der Waals surface area (Å²) in [5.74, 6) is 2.23. The second kappa shape index (κ2) is 6.88. The molecule has 2 N–H and O–H groups in total. The molecule has 1 fully saturated rings. The van der Waals surface area contributed by atoms with Crippen LogP contribution in [-0.4, -0.2) is 46.5 Å². The fourth-order valence-electron chi connectivity index (χ4n) is 4.52. The summed E-state index contributed by atoms with van der Waals surface area (Å²) in [6, 6.07) is 6.50. The summed E-state index contributed by atoms with van der Waals surface area (Å²) in [7, 11) is 0. The number of anilines is 1. The third kappa shape index (κ3) is 2.98. The summed E-state index contributed by atoms with van der Waals surface area (Å²) < 4.78 is 15.7. The lowest BCUT2D eigenvalue weighted by molar-refractivity contribution is -0.137. The highest BCUT2D eigenvalue weighted by Gasteiger charge is 2.42. The molecule has 2 aromatic rings. The quantitative estimate of drug-likeness (QED) is 0.882. The molecule has 2 aliphatic heterocycles. The van der Waals surface area contributed by atoms with E-state index in [1.807, 2.05) is 18.7 Å². The Morgan fingerprint density at radius 3 is 2.57 bits per heavy atom. The number of imidazole rings is 1. The highest BCUT2D eigenvalue weighted by atomic mass is 19.1. The molecule has 0 saturated carbocycles. The van der Waals surface area contributed by atoms with E-state index in [4.69, 9.17) is 10.7 Å². The Bertz CT molecular complexity index is 889. The van der Waals surface area contributed by atoms with Crippen molar-refractivity contribution >= 4 is 11.7 Å². The molecule has 7 heteroatoms. The molecular weight excluding hydrogens is 357 g/mol. The number of benzene rings is 1. The maximum Gasteiger partial charge on any atom is 0.237 e. The van der Waals surface area contributed by atoms with Gasteiger partial charge in [-0.2, -0.15) is 0 Å². The van der Waals surface area contributed by atoms with Crippen LogP contribution in [0, 0.1) is 11.7 Å². The number of nitrogens with zero attached hydrogens (tertiary/aromatic N) is 4. The number of halogens is 1. The van der Waals surface area contributed by atoms with Gasteiger partial charge < -0.3 is 20.1 Å². The Hall–Kier alpha value is -2.41. The number of rotatable bonds is 3. The molecule has 1 aromatic heterocycles. The molecule has 3 heterocycles. The Morgan fingerprint density at radius 2 is 1.96 bits per heavy atom. The first kappa shape index (κ1) is 18.9. The highest BCUT2D eigenvalue weighted by molar-refractivity contribution is 5.80. The molecule has 0 spiro atoms. The van der Waals surface area contributed by atoms with Crippen molar-refractivity contribution in [3.63, 3.8) is 0 Å². The molecule has 1 aromatic carbocycles. The lowest BCUT2D eigenvalue weighted by Gasteiger charge is -2.42. The molecule has 1 amide bonds. The van der Waals surface area contributed by atoms with Gasteiger partial charge >= 0.3 is 0 Å². The first-order valence-corrected chi connectivity index (χ1v) is 9.95. The fraction of sp³-hybridized carbons (Fsp3) is 0.524. The minimum Gasteiger partial charge on any atom is -0.356 e. The zero-order valence-corrected chi connectivity index (χ0v) is 16.8. The standard InChI is InChI=1S/C21H28FN5O/c1-14-8-9-25(13-14)19-18(15-4-6-16(22)7-5-15)24-20-21(2,3)27(17(28)12-23)11-10-26(19)20/h4-7,14H,8-13,23H2,1-3H3. The van der Waals surface area contributed by atoms with Crippen molar-refractivity contribution in [3.8, 4) is 11.3 Å². The number of amides is 1. The third-order valence-electron chi connectivity index (χ3n) is 6.03. The van der Waals surface area contributed by atoms with Crippen molar-refractivity contribution in [3.05, 3.63) is 35.9 Å². The molecule has 1 atom stereocenters. The van der Waals surface area contributed by atoms with E-state index in [0.717, 1.165) is 42.4 Å². The Labute approximate surface area is 165 Å². The van der Waals surface area contributed by atoms with E-state index in [9.17, 15) is 9.18 Å². The van der Waals surface area contributed by atoms with Crippen LogP contribution in [0.15, 0.2) is 24.3 Å². The predicted molar refractivity (Wildman–Crippen MR) is 107 cm³/mol. The minimum absolute atomic E-state index is 0.00848. The van der Waals surface area contributed by atoms with Crippen LogP contribution in [0.25, 0.3) is 11.3 Å². The fourth-order valence-corrected chi connectivity index (χ4v) is 4.52. The van der Waals surface area contributed by atoms with E-state index >= 15 is 0 Å². The molecule has 4 rings (SSSR count). The number of hydrogen-bond donors (Lipinski definition) is 1. The average Bonchev–Trinajstić information content (AvgIpc) is 3.26. The normalized spacial score (nSPS) is 21.1. The van der Waals surface area contributed by atoms with Crippen molar-refractivity contribution < 1.29 is 9.18 Å². The van der Waals surface area contributed by atoms with Gasteiger partial charge in [-0.1, -0.05) is 6.92 Å². The van der Waals surface area contributed by atoms with Gasteiger partial charge in [0.25, 0.3) is 0 Å². The predicted octanol–water partition coefficient (Wildman–Crippen LogP) is 2.57. The van der Waals surface area contributed by atoms with Gasteiger partial charge in [-0.3, -0.25) is 4.79 Å². The van der Waals surface area contributed by atoms with E-state index < -0.39 is 5.54 Å². The monoisotopic (exact) mass is 385 g/mol. The van der Waals surface area contributed by atoms with Gasteiger partial charge in [0.1, 0.15) is 23.2 Å². The van der Waals surface area contributed by atoms with E-state index in [1.165, 1.54) is 12.1 Å². The lowest BCUT2D eigenvalue weighted by atomic mass is 9.99. The number of fused-ring (bicyclic) bond motifs is 1. The summed E-state index contributed by atoms with van der Waals surface area (Å²) >= 11 is 0. The zero-order chi connectivity index (χ0) is 20.1. The largest absolute Gasteiger partial charge is 0.356 e. The van der Waals surface area contributed by atoms with Gasteiger partial charge in [0.2, 0.25) is 5.91 Å². The second-order valence-corrected chi connectivity index (χ2v) is 8.41. The first-order valence-electron chi connectivity index (χ1n) is 9.95. The van der Waals surface area contributed by atoms with Crippen molar-refractivity contribution in [1.29, 1.82) is 0 Å². The molecule has 150 valence electrons. The van der Waals surface area contributed by atoms with Crippen LogP contribution < -0.4 is 10.6 Å². The van der Waals surface area contributed by atoms with Crippen LogP contribution in [0.5, 0.6) is 0 Å². The molecule has 2 aliphatic rings. The zero-order valence-electron chi connectivity index (χ0n) is 16.8. The van der Waals surface area contributed by atoms with E-state index in [-0.39, 0.29) is 18.3 Å². The smallest absolute Gasteiger partial charge is 0.237 e. The van der Waals surface area contributed by atoms with Crippen molar-refractivity contribution in [1.82, 2.24) is 14.5 Å². The van der Waals surface area contributed by atoms with Gasteiger partial charge in [-0.25, -0.2) is 9.37 Å². The summed E-state index contributed by atoms with van der Waals surface area (Å²) in [4.78, 5) is 21.6. The first-order chi connectivity index (χ1) is 13.3. The molecular formula is C21H28FN5O. The minimum atomic E-state index is -0.562. The molecule has 1 unspecified atom stereocenters. The van der Waals surface area contributed by atoms with E-state index in [2.05, 4.69) is 16.4 Å². The van der Waals surface area contributed by atoms with Gasteiger partial charge in [0.15, 0.2) is 0 Å². The molecule has 0 aliphatic carbocycles. The molecule has 1 saturated heterocycles. The summed E-state index contributed by atoms with van der Waals surface area (Å²) in [5.41, 5.74) is 6.83.